The van der Waals surface area contributed by atoms with Crippen LogP contribution in [0.5, 0.6) is 5.75 Å². The molecule has 0 fully saturated rings. The molecule has 3 rings (SSSR count). The zero-order valence-electron chi connectivity index (χ0n) is 16.0. The maximum atomic E-state index is 12.6. The monoisotopic (exact) mass is 379 g/mol. The van der Waals surface area contributed by atoms with Gasteiger partial charge in [-0.15, -0.1) is 6.58 Å². The third-order valence-corrected chi connectivity index (χ3v) is 4.50. The maximum absolute atomic E-state index is 12.6. The number of rotatable bonds is 8. The minimum absolute atomic E-state index is 0.155. The number of oxime groups is 1. The second kappa shape index (κ2) is 9.60. The van der Waals surface area contributed by atoms with Gasteiger partial charge in [0.1, 0.15) is 5.75 Å². The van der Waals surface area contributed by atoms with Crippen LogP contribution in [-0.2, 0) is 11.4 Å². The number of para-hydroxylation sites is 1. The summed E-state index contributed by atoms with van der Waals surface area (Å²) in [6.07, 6.45) is 2.11. The second-order valence-electron chi connectivity index (χ2n) is 6.51. The fraction of sp³-hybridized carbons (Fsp3) is 0.273. The quantitative estimate of drug-likeness (QED) is 0.713. The summed E-state index contributed by atoms with van der Waals surface area (Å²) < 4.78 is 5.40. The molecule has 1 aliphatic heterocycles. The van der Waals surface area contributed by atoms with Gasteiger partial charge in [0.15, 0.2) is 6.10 Å². The molecular weight excluding hydrogens is 354 g/mol. The summed E-state index contributed by atoms with van der Waals surface area (Å²) in [4.78, 5) is 19.9. The first kappa shape index (κ1) is 19.5. The summed E-state index contributed by atoms with van der Waals surface area (Å²) in [5.41, 5.74) is 2.79. The topological polar surface area (TPSA) is 63.2 Å². The van der Waals surface area contributed by atoms with E-state index in [4.69, 9.17) is 9.57 Å². The van der Waals surface area contributed by atoms with Crippen molar-refractivity contribution in [3.63, 3.8) is 0 Å². The lowest BCUT2D eigenvalue weighted by Gasteiger charge is -2.24. The zero-order valence-corrected chi connectivity index (χ0v) is 16.0. The fourth-order valence-corrected chi connectivity index (χ4v) is 3.10. The van der Waals surface area contributed by atoms with Crippen molar-refractivity contribution >= 4 is 11.7 Å². The largest absolute Gasteiger partial charge is 0.496 e. The van der Waals surface area contributed by atoms with E-state index in [1.165, 1.54) is 0 Å². The smallest absolute Gasteiger partial charge is 0.318 e. The van der Waals surface area contributed by atoms with E-state index in [-0.39, 0.29) is 12.1 Å². The van der Waals surface area contributed by atoms with Crippen molar-refractivity contribution in [3.05, 3.63) is 78.4 Å². The molecule has 1 N–H and O–H groups in total. The van der Waals surface area contributed by atoms with Gasteiger partial charge in [-0.05, 0) is 17.7 Å². The molecule has 0 radical (unpaired) electrons. The van der Waals surface area contributed by atoms with Crippen molar-refractivity contribution in [3.8, 4) is 5.75 Å². The van der Waals surface area contributed by atoms with E-state index in [0.29, 0.717) is 26.1 Å². The van der Waals surface area contributed by atoms with E-state index in [1.54, 1.807) is 18.1 Å². The summed E-state index contributed by atoms with van der Waals surface area (Å²) in [6.45, 7) is 5.09. The molecule has 1 aliphatic rings. The van der Waals surface area contributed by atoms with Crippen LogP contribution >= 0.6 is 0 Å². The number of nitrogens with zero attached hydrogens (tertiary/aromatic N) is 2. The lowest BCUT2D eigenvalue weighted by atomic mass is 10.0. The van der Waals surface area contributed by atoms with Crippen molar-refractivity contribution in [1.29, 1.82) is 0 Å². The molecule has 0 spiro atoms. The van der Waals surface area contributed by atoms with Gasteiger partial charge in [-0.1, -0.05) is 53.7 Å². The van der Waals surface area contributed by atoms with E-state index < -0.39 is 0 Å². The molecular formula is C22H25N3O3. The molecule has 6 heteroatoms. The highest BCUT2D eigenvalue weighted by Gasteiger charge is 2.27. The molecule has 2 aromatic rings. The van der Waals surface area contributed by atoms with Gasteiger partial charge in [-0.25, -0.2) is 4.79 Å². The third kappa shape index (κ3) is 4.91. The molecule has 0 aromatic heterocycles. The van der Waals surface area contributed by atoms with Crippen molar-refractivity contribution < 1.29 is 14.4 Å². The first-order chi connectivity index (χ1) is 13.7. The van der Waals surface area contributed by atoms with Gasteiger partial charge in [0.2, 0.25) is 0 Å². The highest BCUT2D eigenvalue weighted by atomic mass is 16.6. The minimum atomic E-state index is -0.206. The first-order valence-electron chi connectivity index (χ1n) is 9.25. The second-order valence-corrected chi connectivity index (χ2v) is 6.51. The van der Waals surface area contributed by atoms with Crippen LogP contribution in [0.4, 0.5) is 4.79 Å². The van der Waals surface area contributed by atoms with Crippen LogP contribution < -0.4 is 10.1 Å². The maximum Gasteiger partial charge on any atom is 0.318 e. The Morgan fingerprint density at radius 1 is 1.29 bits per heavy atom. The number of benzene rings is 2. The Labute approximate surface area is 165 Å². The number of hydrogen-bond donors (Lipinski definition) is 1. The number of nitrogens with one attached hydrogen (secondary N) is 1. The van der Waals surface area contributed by atoms with Gasteiger partial charge < -0.3 is 19.8 Å². The molecule has 0 saturated carbocycles. The molecule has 1 heterocycles. The van der Waals surface area contributed by atoms with Crippen LogP contribution in [0.15, 0.2) is 72.4 Å². The molecule has 6 nitrogen and oxygen atoms in total. The highest BCUT2D eigenvalue weighted by molar-refractivity contribution is 6.03. The zero-order chi connectivity index (χ0) is 19.8. The Kier molecular flexibility index (Phi) is 6.68. The van der Waals surface area contributed by atoms with Crippen molar-refractivity contribution in [1.82, 2.24) is 10.2 Å². The standard InChI is InChI=1S/C22H25N3O3/c1-3-13-25(22(26)23-15-17-9-5-4-6-10-17)16-18-14-20(24-28-18)19-11-7-8-12-21(19)27-2/h3-12,18H,1,13-16H2,2H3,(H,23,26). The van der Waals surface area contributed by atoms with Crippen LogP contribution in [0.3, 0.4) is 0 Å². The minimum Gasteiger partial charge on any atom is -0.496 e. The van der Waals surface area contributed by atoms with Crippen LogP contribution in [-0.4, -0.2) is 42.9 Å². The van der Waals surface area contributed by atoms with Gasteiger partial charge in [0.05, 0.1) is 19.4 Å². The van der Waals surface area contributed by atoms with Crippen molar-refractivity contribution in [2.75, 3.05) is 20.2 Å². The molecule has 2 aromatic carbocycles. The molecule has 0 bridgehead atoms. The average Bonchev–Trinajstić information content (AvgIpc) is 3.21. The van der Waals surface area contributed by atoms with Gasteiger partial charge in [-0.3, -0.25) is 0 Å². The number of carbonyl (C=O) groups excluding carboxylic acids is 1. The molecule has 2 amide bonds. The van der Waals surface area contributed by atoms with E-state index >= 15 is 0 Å². The molecule has 1 unspecified atom stereocenters. The lowest BCUT2D eigenvalue weighted by molar-refractivity contribution is 0.0628. The van der Waals surface area contributed by atoms with E-state index in [0.717, 1.165) is 22.6 Å². The lowest BCUT2D eigenvalue weighted by Crippen LogP contribution is -2.43. The number of carbonyl (C=O) groups is 1. The average molecular weight is 379 g/mol. The predicted octanol–water partition coefficient (Wildman–Crippen LogP) is 3.59. The van der Waals surface area contributed by atoms with Crippen molar-refractivity contribution in [2.45, 2.75) is 19.1 Å². The van der Waals surface area contributed by atoms with Crippen LogP contribution in [0, 0.1) is 0 Å². The number of methoxy groups -OCH3 is 1. The van der Waals surface area contributed by atoms with Gasteiger partial charge >= 0.3 is 6.03 Å². The highest BCUT2D eigenvalue weighted by Crippen LogP contribution is 2.24. The summed E-state index contributed by atoms with van der Waals surface area (Å²) >= 11 is 0. The summed E-state index contributed by atoms with van der Waals surface area (Å²) in [7, 11) is 1.63. The Morgan fingerprint density at radius 2 is 2.04 bits per heavy atom. The summed E-state index contributed by atoms with van der Waals surface area (Å²) in [6, 6.07) is 17.4. The predicted molar refractivity (Wildman–Crippen MR) is 109 cm³/mol. The Bertz CT molecular complexity index is 836. The molecule has 28 heavy (non-hydrogen) atoms. The summed E-state index contributed by atoms with van der Waals surface area (Å²) in [5, 5.41) is 7.16. The third-order valence-electron chi connectivity index (χ3n) is 4.50. The van der Waals surface area contributed by atoms with E-state index in [2.05, 4.69) is 17.1 Å². The van der Waals surface area contributed by atoms with E-state index in [1.807, 2.05) is 54.6 Å². The first-order valence-corrected chi connectivity index (χ1v) is 9.25. The Morgan fingerprint density at radius 3 is 2.79 bits per heavy atom. The molecule has 1 atom stereocenters. The number of amides is 2. The number of urea groups is 1. The molecule has 146 valence electrons. The van der Waals surface area contributed by atoms with Crippen LogP contribution in [0.1, 0.15) is 17.5 Å². The SMILES string of the molecule is C=CCN(CC1CC(c2ccccc2OC)=NO1)C(=O)NCc1ccccc1. The number of hydrogen-bond acceptors (Lipinski definition) is 4. The molecule has 0 aliphatic carbocycles. The Balaban J connectivity index is 1.57. The fourth-order valence-electron chi connectivity index (χ4n) is 3.10. The Hall–Kier alpha value is -3.28. The normalized spacial score (nSPS) is 15.3. The van der Waals surface area contributed by atoms with E-state index in [9.17, 15) is 4.79 Å². The number of ether oxygens (including phenoxy) is 1. The molecule has 0 saturated heterocycles. The van der Waals surface area contributed by atoms with Crippen LogP contribution in [0.25, 0.3) is 0 Å². The summed E-state index contributed by atoms with van der Waals surface area (Å²) in [5.74, 6) is 0.758. The van der Waals surface area contributed by atoms with Gasteiger partial charge in [0.25, 0.3) is 0 Å². The van der Waals surface area contributed by atoms with Gasteiger partial charge in [-0.2, -0.15) is 0 Å². The van der Waals surface area contributed by atoms with Crippen LogP contribution in [0.2, 0.25) is 0 Å². The van der Waals surface area contributed by atoms with Gasteiger partial charge in [0, 0.05) is 25.1 Å². The van der Waals surface area contributed by atoms with Crippen molar-refractivity contribution in [2.24, 2.45) is 5.16 Å².